The summed E-state index contributed by atoms with van der Waals surface area (Å²) in [6, 6.07) is 5.76. The molecule has 1 aliphatic rings. The molecule has 4 heteroatoms. The van der Waals surface area contributed by atoms with Crippen molar-refractivity contribution in [1.29, 1.82) is 0 Å². The lowest BCUT2D eigenvalue weighted by Gasteiger charge is -2.35. The van der Waals surface area contributed by atoms with Gasteiger partial charge in [-0.05, 0) is 43.4 Å². The van der Waals surface area contributed by atoms with Gasteiger partial charge in [0.05, 0.1) is 11.5 Å². The van der Waals surface area contributed by atoms with Crippen LogP contribution in [0.3, 0.4) is 0 Å². The number of benzene rings is 1. The van der Waals surface area contributed by atoms with Crippen LogP contribution in [0, 0.1) is 11.7 Å². The lowest BCUT2D eigenvalue weighted by Crippen LogP contribution is -2.33. The molecule has 2 N–H and O–H groups in total. The summed E-state index contributed by atoms with van der Waals surface area (Å²) in [6.07, 6.45) is 1.75. The van der Waals surface area contributed by atoms with Crippen LogP contribution in [0.5, 0.6) is 0 Å². The Morgan fingerprint density at radius 3 is 2.24 bits per heavy atom. The van der Waals surface area contributed by atoms with Crippen molar-refractivity contribution in [3.05, 3.63) is 35.6 Å². The molecule has 0 amide bonds. The average molecular weight is 238 g/mol. The fourth-order valence-corrected chi connectivity index (χ4v) is 2.39. The highest BCUT2D eigenvalue weighted by molar-refractivity contribution is 5.70. The monoisotopic (exact) mass is 238 g/mol. The van der Waals surface area contributed by atoms with Crippen molar-refractivity contribution in [2.24, 2.45) is 5.92 Å². The number of halogens is 1. The zero-order valence-electron chi connectivity index (χ0n) is 9.40. The van der Waals surface area contributed by atoms with E-state index in [1.165, 1.54) is 12.1 Å². The highest BCUT2D eigenvalue weighted by Gasteiger charge is 2.36. The van der Waals surface area contributed by atoms with Gasteiger partial charge in [-0.25, -0.2) is 4.39 Å². The summed E-state index contributed by atoms with van der Waals surface area (Å²) < 4.78 is 12.8. The van der Waals surface area contributed by atoms with Crippen LogP contribution in [0.4, 0.5) is 4.39 Å². The topological polar surface area (TPSA) is 57.5 Å². The number of aliphatic hydroxyl groups is 1. The molecule has 1 aromatic carbocycles. The lowest BCUT2D eigenvalue weighted by atomic mass is 9.75. The number of hydrogen-bond acceptors (Lipinski definition) is 2. The van der Waals surface area contributed by atoms with E-state index in [2.05, 4.69) is 0 Å². The SMILES string of the molecule is O=C(O)C1CCC(O)(c2ccc(F)cc2)CC1. The molecule has 0 radical (unpaired) electrons. The minimum Gasteiger partial charge on any atom is -0.481 e. The van der Waals surface area contributed by atoms with Gasteiger partial charge in [0.1, 0.15) is 5.82 Å². The zero-order chi connectivity index (χ0) is 12.5. The van der Waals surface area contributed by atoms with Gasteiger partial charge in [-0.1, -0.05) is 12.1 Å². The zero-order valence-corrected chi connectivity index (χ0v) is 9.40. The highest BCUT2D eigenvalue weighted by atomic mass is 19.1. The molecule has 0 heterocycles. The summed E-state index contributed by atoms with van der Waals surface area (Å²) >= 11 is 0. The smallest absolute Gasteiger partial charge is 0.306 e. The molecule has 0 aliphatic heterocycles. The summed E-state index contributed by atoms with van der Waals surface area (Å²) in [5.41, 5.74) is -0.331. The van der Waals surface area contributed by atoms with Gasteiger partial charge in [0, 0.05) is 0 Å². The van der Waals surface area contributed by atoms with Gasteiger partial charge in [-0.3, -0.25) is 4.79 Å². The molecule has 0 bridgehead atoms. The van der Waals surface area contributed by atoms with E-state index in [1.807, 2.05) is 0 Å². The van der Waals surface area contributed by atoms with Crippen molar-refractivity contribution in [2.45, 2.75) is 31.3 Å². The largest absolute Gasteiger partial charge is 0.481 e. The maximum atomic E-state index is 12.8. The Morgan fingerprint density at radius 2 is 1.76 bits per heavy atom. The molecule has 1 aromatic rings. The van der Waals surface area contributed by atoms with Crippen molar-refractivity contribution in [3.8, 4) is 0 Å². The number of hydrogen-bond donors (Lipinski definition) is 2. The molecule has 0 atom stereocenters. The minimum atomic E-state index is -1.00. The van der Waals surface area contributed by atoms with Crippen LogP contribution < -0.4 is 0 Å². The summed E-state index contributed by atoms with van der Waals surface area (Å²) in [5.74, 6) is -1.50. The summed E-state index contributed by atoms with van der Waals surface area (Å²) in [6.45, 7) is 0. The molecular formula is C13H15FO3. The third kappa shape index (κ3) is 2.47. The maximum absolute atomic E-state index is 12.8. The minimum absolute atomic E-state index is 0.337. The van der Waals surface area contributed by atoms with Crippen molar-refractivity contribution >= 4 is 5.97 Å². The van der Waals surface area contributed by atoms with Crippen LogP contribution in [0.1, 0.15) is 31.2 Å². The van der Waals surface area contributed by atoms with Crippen molar-refractivity contribution in [2.75, 3.05) is 0 Å². The third-order valence-electron chi connectivity index (χ3n) is 3.54. The third-order valence-corrected chi connectivity index (χ3v) is 3.54. The molecule has 1 fully saturated rings. The molecule has 1 saturated carbocycles. The van der Waals surface area contributed by atoms with Crippen LogP contribution in [-0.2, 0) is 10.4 Å². The van der Waals surface area contributed by atoms with Crippen LogP contribution in [-0.4, -0.2) is 16.2 Å². The number of aliphatic carboxylic acids is 1. The average Bonchev–Trinajstić information content (AvgIpc) is 2.30. The van der Waals surface area contributed by atoms with E-state index in [1.54, 1.807) is 12.1 Å². The molecule has 0 unspecified atom stereocenters. The van der Waals surface area contributed by atoms with Crippen molar-refractivity contribution in [1.82, 2.24) is 0 Å². The van der Waals surface area contributed by atoms with E-state index < -0.39 is 11.6 Å². The molecule has 2 rings (SSSR count). The van der Waals surface area contributed by atoms with Gasteiger partial charge in [-0.15, -0.1) is 0 Å². The Bertz CT molecular complexity index is 405. The second-order valence-corrected chi connectivity index (χ2v) is 4.65. The summed E-state index contributed by atoms with van der Waals surface area (Å²) in [4.78, 5) is 10.8. The fourth-order valence-electron chi connectivity index (χ4n) is 2.39. The molecule has 0 saturated heterocycles. The second kappa shape index (κ2) is 4.45. The first kappa shape index (κ1) is 12.0. The fraction of sp³-hybridized carbons (Fsp3) is 0.462. The second-order valence-electron chi connectivity index (χ2n) is 4.65. The van der Waals surface area contributed by atoms with E-state index in [4.69, 9.17) is 5.11 Å². The number of carboxylic acids is 1. The Balaban J connectivity index is 2.11. The summed E-state index contributed by atoms with van der Waals surface area (Å²) in [5, 5.41) is 19.3. The van der Waals surface area contributed by atoms with Gasteiger partial charge in [-0.2, -0.15) is 0 Å². The predicted octanol–water partition coefficient (Wildman–Crippen LogP) is 2.29. The Morgan fingerprint density at radius 1 is 1.24 bits per heavy atom. The van der Waals surface area contributed by atoms with Gasteiger partial charge in [0.2, 0.25) is 0 Å². The van der Waals surface area contributed by atoms with Crippen LogP contribution in [0.15, 0.2) is 24.3 Å². The number of rotatable bonds is 2. The first-order chi connectivity index (χ1) is 8.01. The molecular weight excluding hydrogens is 223 g/mol. The van der Waals surface area contributed by atoms with Crippen molar-refractivity contribution < 1.29 is 19.4 Å². The molecule has 17 heavy (non-hydrogen) atoms. The number of carbonyl (C=O) groups is 1. The first-order valence-corrected chi connectivity index (χ1v) is 5.72. The predicted molar refractivity (Wildman–Crippen MR) is 59.9 cm³/mol. The van der Waals surface area contributed by atoms with Gasteiger partial charge in [0.15, 0.2) is 0 Å². The lowest BCUT2D eigenvalue weighted by molar-refractivity contribution is -0.145. The van der Waals surface area contributed by atoms with Gasteiger partial charge >= 0.3 is 5.97 Å². The summed E-state index contributed by atoms with van der Waals surface area (Å²) in [7, 11) is 0. The molecule has 0 aromatic heterocycles. The molecule has 3 nitrogen and oxygen atoms in total. The van der Waals surface area contributed by atoms with Gasteiger partial charge < -0.3 is 10.2 Å². The molecule has 0 spiro atoms. The standard InChI is InChI=1S/C13H15FO3/c14-11-3-1-10(2-4-11)13(17)7-5-9(6-8-13)12(15)16/h1-4,9,17H,5-8H2,(H,15,16). The van der Waals surface area contributed by atoms with E-state index in [0.29, 0.717) is 31.2 Å². The van der Waals surface area contributed by atoms with E-state index >= 15 is 0 Å². The van der Waals surface area contributed by atoms with Gasteiger partial charge in [0.25, 0.3) is 0 Å². The van der Waals surface area contributed by atoms with E-state index in [9.17, 15) is 14.3 Å². The first-order valence-electron chi connectivity index (χ1n) is 5.72. The maximum Gasteiger partial charge on any atom is 0.306 e. The quantitative estimate of drug-likeness (QED) is 0.831. The van der Waals surface area contributed by atoms with E-state index in [-0.39, 0.29) is 11.7 Å². The van der Waals surface area contributed by atoms with Crippen LogP contribution in [0.25, 0.3) is 0 Å². The molecule has 92 valence electrons. The van der Waals surface area contributed by atoms with Crippen LogP contribution in [0.2, 0.25) is 0 Å². The Labute approximate surface area is 98.9 Å². The van der Waals surface area contributed by atoms with E-state index in [0.717, 1.165) is 0 Å². The number of carboxylic acid groups (broad SMARTS) is 1. The Hall–Kier alpha value is -1.42. The van der Waals surface area contributed by atoms with Crippen molar-refractivity contribution in [3.63, 3.8) is 0 Å². The van der Waals surface area contributed by atoms with Crippen LogP contribution >= 0.6 is 0 Å². The normalized spacial score (nSPS) is 28.9. The molecule has 1 aliphatic carbocycles. The Kier molecular flexibility index (Phi) is 3.15. The highest BCUT2D eigenvalue weighted by Crippen LogP contribution is 2.39.